The highest BCUT2D eigenvalue weighted by Gasteiger charge is 2.33. The fourth-order valence-corrected chi connectivity index (χ4v) is 4.08. The normalized spacial score (nSPS) is 17.0. The Balaban J connectivity index is 1.55. The Morgan fingerprint density at radius 1 is 1.32 bits per heavy atom. The summed E-state index contributed by atoms with van der Waals surface area (Å²) in [4.78, 5) is 16.0. The maximum atomic E-state index is 12.9. The maximum absolute atomic E-state index is 12.9. The van der Waals surface area contributed by atoms with Crippen LogP contribution in [-0.2, 0) is 0 Å². The lowest BCUT2D eigenvalue weighted by Gasteiger charge is -2.22. The summed E-state index contributed by atoms with van der Waals surface area (Å²) in [6, 6.07) is 13.5. The van der Waals surface area contributed by atoms with E-state index in [4.69, 9.17) is 9.26 Å². The van der Waals surface area contributed by atoms with Crippen LogP contribution in [0, 0.1) is 0 Å². The zero-order chi connectivity index (χ0) is 17.2. The molecule has 1 aromatic carbocycles. The number of benzene rings is 1. The lowest BCUT2D eigenvalue weighted by atomic mass is 10.1. The Kier molecular flexibility index (Phi) is 4.28. The minimum Gasteiger partial charge on any atom is -0.497 e. The van der Waals surface area contributed by atoms with E-state index in [-0.39, 0.29) is 17.7 Å². The topological polar surface area (TPSA) is 55.6 Å². The summed E-state index contributed by atoms with van der Waals surface area (Å²) < 4.78 is 10.5. The summed E-state index contributed by atoms with van der Waals surface area (Å²) in [5.41, 5.74) is 1.54. The van der Waals surface area contributed by atoms with E-state index in [9.17, 15) is 4.79 Å². The Hall–Kier alpha value is -2.60. The summed E-state index contributed by atoms with van der Waals surface area (Å²) in [5.74, 6) is 0.969. The van der Waals surface area contributed by atoms with Gasteiger partial charge in [-0.2, -0.15) is 0 Å². The predicted molar refractivity (Wildman–Crippen MR) is 95.8 cm³/mol. The lowest BCUT2D eigenvalue weighted by Crippen LogP contribution is -2.29. The molecule has 1 atom stereocenters. The largest absolute Gasteiger partial charge is 0.497 e. The first-order valence-corrected chi connectivity index (χ1v) is 9.10. The molecule has 5 nitrogen and oxygen atoms in total. The molecule has 0 N–H and O–H groups in total. The van der Waals surface area contributed by atoms with Crippen molar-refractivity contribution in [3.05, 3.63) is 58.5 Å². The Labute approximate surface area is 149 Å². The van der Waals surface area contributed by atoms with Crippen molar-refractivity contribution in [3.8, 4) is 17.0 Å². The van der Waals surface area contributed by atoms with Gasteiger partial charge in [-0.25, -0.2) is 0 Å². The second kappa shape index (κ2) is 6.72. The number of aromatic nitrogens is 1. The third kappa shape index (κ3) is 3.05. The van der Waals surface area contributed by atoms with Gasteiger partial charge in [-0.15, -0.1) is 11.3 Å². The van der Waals surface area contributed by atoms with Crippen LogP contribution in [0.4, 0.5) is 0 Å². The van der Waals surface area contributed by atoms with Crippen LogP contribution >= 0.6 is 11.3 Å². The van der Waals surface area contributed by atoms with Crippen molar-refractivity contribution in [1.29, 1.82) is 0 Å². The molecule has 2 aromatic heterocycles. The number of likely N-dealkylation sites (tertiary alicyclic amines) is 1. The molecule has 6 heteroatoms. The number of hydrogen-bond acceptors (Lipinski definition) is 5. The third-order valence-corrected chi connectivity index (χ3v) is 5.47. The highest BCUT2D eigenvalue weighted by molar-refractivity contribution is 7.10. The molecule has 1 amide bonds. The van der Waals surface area contributed by atoms with E-state index in [1.165, 1.54) is 4.88 Å². The second-order valence-electron chi connectivity index (χ2n) is 5.98. The van der Waals surface area contributed by atoms with Crippen molar-refractivity contribution in [2.75, 3.05) is 13.7 Å². The number of methoxy groups -OCH3 is 1. The van der Waals surface area contributed by atoms with Gasteiger partial charge in [0.15, 0.2) is 0 Å². The highest BCUT2D eigenvalue weighted by Crippen LogP contribution is 2.35. The summed E-state index contributed by atoms with van der Waals surface area (Å²) in [6.07, 6.45) is 2.00. The van der Waals surface area contributed by atoms with Gasteiger partial charge in [0.25, 0.3) is 5.91 Å². The molecule has 128 valence electrons. The zero-order valence-corrected chi connectivity index (χ0v) is 14.7. The van der Waals surface area contributed by atoms with Crippen molar-refractivity contribution >= 4 is 17.2 Å². The van der Waals surface area contributed by atoms with Gasteiger partial charge in [-0.05, 0) is 48.6 Å². The Bertz CT molecular complexity index is 855. The molecule has 4 rings (SSSR count). The molecule has 0 saturated carbocycles. The molecular weight excluding hydrogens is 336 g/mol. The van der Waals surface area contributed by atoms with E-state index < -0.39 is 0 Å². The first-order chi connectivity index (χ1) is 12.3. The van der Waals surface area contributed by atoms with E-state index in [0.717, 1.165) is 30.7 Å². The molecule has 1 saturated heterocycles. The minimum atomic E-state index is -0.0943. The Morgan fingerprint density at radius 3 is 2.88 bits per heavy atom. The third-order valence-electron chi connectivity index (χ3n) is 4.49. The van der Waals surface area contributed by atoms with Crippen molar-refractivity contribution < 1.29 is 14.1 Å². The molecule has 0 spiro atoms. The van der Waals surface area contributed by atoms with Crippen LogP contribution in [0.15, 0.2) is 52.4 Å². The molecule has 0 aliphatic carbocycles. The van der Waals surface area contributed by atoms with Gasteiger partial charge in [0.2, 0.25) is 5.76 Å². The van der Waals surface area contributed by atoms with Crippen LogP contribution in [0.25, 0.3) is 11.3 Å². The molecule has 1 fully saturated rings. The number of thiophene rings is 1. The van der Waals surface area contributed by atoms with E-state index in [1.807, 2.05) is 40.6 Å². The molecule has 1 aliphatic rings. The van der Waals surface area contributed by atoms with Crippen LogP contribution in [0.5, 0.6) is 5.75 Å². The summed E-state index contributed by atoms with van der Waals surface area (Å²) in [7, 11) is 1.63. The van der Waals surface area contributed by atoms with Gasteiger partial charge in [-0.1, -0.05) is 11.2 Å². The van der Waals surface area contributed by atoms with Gasteiger partial charge < -0.3 is 14.2 Å². The van der Waals surface area contributed by atoms with Crippen molar-refractivity contribution in [2.45, 2.75) is 18.9 Å². The molecule has 1 unspecified atom stereocenters. The number of carbonyl (C=O) groups is 1. The van der Waals surface area contributed by atoms with E-state index >= 15 is 0 Å². The molecule has 3 aromatic rings. The number of hydrogen-bond donors (Lipinski definition) is 0. The highest BCUT2D eigenvalue weighted by atomic mass is 32.1. The fourth-order valence-electron chi connectivity index (χ4n) is 3.20. The number of carbonyl (C=O) groups excluding carboxylic acids is 1. The fraction of sp³-hybridized carbons (Fsp3) is 0.263. The van der Waals surface area contributed by atoms with Crippen LogP contribution in [-0.4, -0.2) is 29.6 Å². The standard InChI is InChI=1S/C19H18N2O3S/c1-23-14-8-6-13(7-9-14)15-12-17(24-20-15)19(22)21-10-2-4-16(21)18-5-3-11-25-18/h3,5-9,11-12,16H,2,4,10H2,1H3. The smallest absolute Gasteiger partial charge is 0.293 e. The van der Waals surface area contributed by atoms with E-state index in [2.05, 4.69) is 11.2 Å². The molecular formula is C19H18N2O3S. The monoisotopic (exact) mass is 354 g/mol. The Morgan fingerprint density at radius 2 is 2.16 bits per heavy atom. The number of amides is 1. The van der Waals surface area contributed by atoms with Crippen LogP contribution in [0.3, 0.4) is 0 Å². The average Bonchev–Trinajstić information content (AvgIpc) is 3.42. The quantitative estimate of drug-likeness (QED) is 0.697. The van der Waals surface area contributed by atoms with E-state index in [1.54, 1.807) is 24.5 Å². The lowest BCUT2D eigenvalue weighted by molar-refractivity contribution is 0.0695. The van der Waals surface area contributed by atoms with Crippen molar-refractivity contribution in [2.24, 2.45) is 0 Å². The SMILES string of the molecule is COc1ccc(-c2cc(C(=O)N3CCCC3c3cccs3)on2)cc1. The second-order valence-corrected chi connectivity index (χ2v) is 6.96. The van der Waals surface area contributed by atoms with Crippen LogP contribution in [0.2, 0.25) is 0 Å². The van der Waals surface area contributed by atoms with Gasteiger partial charge >= 0.3 is 0 Å². The maximum Gasteiger partial charge on any atom is 0.293 e. The molecule has 3 heterocycles. The van der Waals surface area contributed by atoms with Gasteiger partial charge in [0.05, 0.1) is 13.2 Å². The van der Waals surface area contributed by atoms with Crippen LogP contribution < -0.4 is 4.74 Å². The molecule has 0 radical (unpaired) electrons. The summed E-state index contributed by atoms with van der Waals surface area (Å²) in [5, 5.41) is 6.11. The van der Waals surface area contributed by atoms with Crippen molar-refractivity contribution in [3.63, 3.8) is 0 Å². The van der Waals surface area contributed by atoms with E-state index in [0.29, 0.717) is 5.69 Å². The zero-order valence-electron chi connectivity index (χ0n) is 13.8. The van der Waals surface area contributed by atoms with Crippen molar-refractivity contribution in [1.82, 2.24) is 10.1 Å². The number of nitrogens with zero attached hydrogens (tertiary/aromatic N) is 2. The average molecular weight is 354 g/mol. The molecule has 0 bridgehead atoms. The number of rotatable bonds is 4. The van der Waals surface area contributed by atoms with Gasteiger partial charge in [0.1, 0.15) is 11.4 Å². The first kappa shape index (κ1) is 15.9. The minimum absolute atomic E-state index is 0.0943. The van der Waals surface area contributed by atoms with Crippen LogP contribution in [0.1, 0.15) is 34.3 Å². The van der Waals surface area contributed by atoms with Gasteiger partial charge in [0, 0.05) is 23.1 Å². The predicted octanol–water partition coefficient (Wildman–Crippen LogP) is 4.39. The summed E-state index contributed by atoms with van der Waals surface area (Å²) in [6.45, 7) is 0.750. The molecule has 25 heavy (non-hydrogen) atoms. The molecule has 1 aliphatic heterocycles. The first-order valence-electron chi connectivity index (χ1n) is 8.22. The summed E-state index contributed by atoms with van der Waals surface area (Å²) >= 11 is 1.69. The van der Waals surface area contributed by atoms with Gasteiger partial charge in [-0.3, -0.25) is 4.79 Å². The number of ether oxygens (including phenoxy) is 1.